The summed E-state index contributed by atoms with van der Waals surface area (Å²) < 4.78 is 83.3. The van der Waals surface area contributed by atoms with Gasteiger partial charge in [0, 0.05) is 51.4 Å². The summed E-state index contributed by atoms with van der Waals surface area (Å²) in [7, 11) is -1.39. The molecular weight excluding hydrogens is 519 g/mol. The number of ether oxygens (including phenoxy) is 2. The summed E-state index contributed by atoms with van der Waals surface area (Å²) in [5.74, 6) is -3.49. The lowest BCUT2D eigenvalue weighted by molar-refractivity contribution is -0.136. The molecule has 36 heavy (non-hydrogen) atoms. The summed E-state index contributed by atoms with van der Waals surface area (Å²) in [6.45, 7) is 9.00. The van der Waals surface area contributed by atoms with Crippen molar-refractivity contribution in [2.24, 2.45) is 0 Å². The van der Waals surface area contributed by atoms with E-state index in [1.165, 1.54) is 10.8 Å². The normalized spacial score (nSPS) is 12.1. The fraction of sp³-hybridized carbons (Fsp3) is 0.391. The zero-order chi connectivity index (χ0) is 26.7. The zero-order valence-electron chi connectivity index (χ0n) is 20.2. The first kappa shape index (κ1) is 27.8. The standard InChI is InChI=1S/C23H27F5N4O2SSi/c1-5-29-22(35)31-14-10-16(24)20(17(25)11-14)34-18-6-7-30-21-19(18)15(23(26,27)28)12-32(21)13-33-8-9-36(2,3)4/h6-7,10-12H,5,8-9,13H2,1-4H3,(H2,29,31,35). The highest BCUT2D eigenvalue weighted by molar-refractivity contribution is 7.80. The number of alkyl halides is 3. The average Bonchev–Trinajstić information content (AvgIpc) is 3.13. The number of hydrogen-bond acceptors (Lipinski definition) is 4. The fourth-order valence-electron chi connectivity index (χ4n) is 3.30. The van der Waals surface area contributed by atoms with E-state index >= 15 is 0 Å². The number of aromatic nitrogens is 2. The van der Waals surface area contributed by atoms with Gasteiger partial charge in [0.2, 0.25) is 0 Å². The molecule has 0 unspecified atom stereocenters. The summed E-state index contributed by atoms with van der Waals surface area (Å²) in [5.41, 5.74) is -1.12. The van der Waals surface area contributed by atoms with Gasteiger partial charge in [-0.2, -0.15) is 13.2 Å². The van der Waals surface area contributed by atoms with Crippen molar-refractivity contribution in [3.8, 4) is 11.5 Å². The SMILES string of the molecule is CCNC(=S)Nc1cc(F)c(Oc2ccnc3c2c(C(F)(F)F)cn3COCC[Si](C)(C)C)c(F)c1. The number of thiocarbonyl (C=S) groups is 1. The van der Waals surface area contributed by atoms with E-state index in [-0.39, 0.29) is 23.2 Å². The maximum Gasteiger partial charge on any atom is 0.418 e. The molecule has 196 valence electrons. The predicted molar refractivity (Wildman–Crippen MR) is 135 cm³/mol. The van der Waals surface area contributed by atoms with Crippen LogP contribution in [0.5, 0.6) is 11.5 Å². The number of rotatable bonds is 9. The Morgan fingerprint density at radius 1 is 1.17 bits per heavy atom. The molecule has 2 aromatic heterocycles. The maximum absolute atomic E-state index is 14.7. The van der Waals surface area contributed by atoms with Crippen LogP contribution in [-0.4, -0.2) is 35.9 Å². The van der Waals surface area contributed by atoms with Gasteiger partial charge in [0.1, 0.15) is 18.1 Å². The molecule has 13 heteroatoms. The van der Waals surface area contributed by atoms with Gasteiger partial charge in [-0.1, -0.05) is 19.6 Å². The van der Waals surface area contributed by atoms with E-state index in [9.17, 15) is 22.0 Å². The number of nitrogens with one attached hydrogen (secondary N) is 2. The van der Waals surface area contributed by atoms with Crippen LogP contribution in [0, 0.1) is 11.6 Å². The van der Waals surface area contributed by atoms with Crippen LogP contribution in [-0.2, 0) is 17.6 Å². The number of benzene rings is 1. The number of anilines is 1. The van der Waals surface area contributed by atoms with E-state index in [1.54, 1.807) is 6.92 Å². The molecule has 1 aromatic carbocycles. The van der Waals surface area contributed by atoms with Crippen LogP contribution in [0.3, 0.4) is 0 Å². The molecule has 0 saturated heterocycles. The van der Waals surface area contributed by atoms with E-state index in [2.05, 4.69) is 35.3 Å². The van der Waals surface area contributed by atoms with E-state index in [0.29, 0.717) is 13.2 Å². The lowest BCUT2D eigenvalue weighted by Crippen LogP contribution is -2.28. The summed E-state index contributed by atoms with van der Waals surface area (Å²) in [6, 6.07) is 3.83. The Morgan fingerprint density at radius 2 is 1.83 bits per heavy atom. The van der Waals surface area contributed by atoms with E-state index in [0.717, 1.165) is 30.4 Å². The van der Waals surface area contributed by atoms with Crippen molar-refractivity contribution in [2.45, 2.75) is 45.5 Å². The molecule has 2 heterocycles. The molecule has 6 nitrogen and oxygen atoms in total. The smallest absolute Gasteiger partial charge is 0.418 e. The Hall–Kier alpha value is -2.77. The molecule has 3 aromatic rings. The van der Waals surface area contributed by atoms with Gasteiger partial charge < -0.3 is 24.7 Å². The summed E-state index contributed by atoms with van der Waals surface area (Å²) in [4.78, 5) is 4.05. The van der Waals surface area contributed by atoms with Crippen molar-refractivity contribution < 1.29 is 31.4 Å². The number of fused-ring (bicyclic) bond motifs is 1. The Bertz CT molecular complexity index is 1220. The van der Waals surface area contributed by atoms with Gasteiger partial charge >= 0.3 is 6.18 Å². The topological polar surface area (TPSA) is 60.3 Å². The third kappa shape index (κ3) is 6.92. The van der Waals surface area contributed by atoms with Gasteiger partial charge in [0.15, 0.2) is 22.5 Å². The highest BCUT2D eigenvalue weighted by atomic mass is 32.1. The Morgan fingerprint density at radius 3 is 2.42 bits per heavy atom. The lowest BCUT2D eigenvalue weighted by atomic mass is 10.2. The van der Waals surface area contributed by atoms with Gasteiger partial charge in [-0.25, -0.2) is 13.8 Å². The molecule has 0 fully saturated rings. The van der Waals surface area contributed by atoms with Crippen LogP contribution < -0.4 is 15.4 Å². The molecule has 0 spiro atoms. The Kier molecular flexibility index (Phi) is 8.57. The molecule has 0 radical (unpaired) electrons. The predicted octanol–water partition coefficient (Wildman–Crippen LogP) is 6.74. The van der Waals surface area contributed by atoms with Crippen molar-refractivity contribution in [3.63, 3.8) is 0 Å². The molecule has 0 atom stereocenters. The lowest BCUT2D eigenvalue weighted by Gasteiger charge is -2.15. The number of nitrogens with zero attached hydrogens (tertiary/aromatic N) is 2. The number of halogens is 5. The highest BCUT2D eigenvalue weighted by Crippen LogP contribution is 2.42. The van der Waals surface area contributed by atoms with Crippen LogP contribution in [0.25, 0.3) is 11.0 Å². The zero-order valence-corrected chi connectivity index (χ0v) is 22.0. The molecule has 0 saturated carbocycles. The number of hydrogen-bond donors (Lipinski definition) is 2. The van der Waals surface area contributed by atoms with Gasteiger partial charge in [-0.05, 0) is 31.3 Å². The molecule has 0 aliphatic heterocycles. The minimum Gasteiger partial charge on any atom is -0.450 e. The van der Waals surface area contributed by atoms with Crippen LogP contribution in [0.2, 0.25) is 25.7 Å². The molecule has 2 N–H and O–H groups in total. The first-order chi connectivity index (χ1) is 16.8. The van der Waals surface area contributed by atoms with Crippen molar-refractivity contribution in [1.29, 1.82) is 0 Å². The monoisotopic (exact) mass is 546 g/mol. The Balaban J connectivity index is 1.95. The highest BCUT2D eigenvalue weighted by Gasteiger charge is 2.37. The minimum atomic E-state index is -4.77. The quantitative estimate of drug-likeness (QED) is 0.134. The fourth-order valence-corrected chi connectivity index (χ4v) is 4.32. The third-order valence-electron chi connectivity index (χ3n) is 5.06. The molecule has 0 aliphatic carbocycles. The second-order valence-corrected chi connectivity index (χ2v) is 15.3. The second-order valence-electron chi connectivity index (χ2n) is 9.22. The van der Waals surface area contributed by atoms with E-state index in [4.69, 9.17) is 21.7 Å². The third-order valence-corrected chi connectivity index (χ3v) is 7.01. The van der Waals surface area contributed by atoms with Crippen LogP contribution >= 0.6 is 12.2 Å². The second kappa shape index (κ2) is 11.1. The molecule has 0 amide bonds. The van der Waals surface area contributed by atoms with Crippen molar-refractivity contribution in [3.05, 3.63) is 47.8 Å². The minimum absolute atomic E-state index is 0.0146. The summed E-state index contributed by atoms with van der Waals surface area (Å²) in [6.07, 6.45) is -2.70. The van der Waals surface area contributed by atoms with Crippen LogP contribution in [0.4, 0.5) is 27.6 Å². The van der Waals surface area contributed by atoms with Crippen molar-refractivity contribution in [2.75, 3.05) is 18.5 Å². The van der Waals surface area contributed by atoms with E-state index < -0.39 is 48.3 Å². The summed E-state index contributed by atoms with van der Waals surface area (Å²) in [5, 5.41) is 5.13. The van der Waals surface area contributed by atoms with Crippen molar-refractivity contribution >= 4 is 42.1 Å². The first-order valence-corrected chi connectivity index (χ1v) is 15.3. The first-order valence-electron chi connectivity index (χ1n) is 11.1. The van der Waals surface area contributed by atoms with Gasteiger partial charge in [0.05, 0.1) is 10.9 Å². The van der Waals surface area contributed by atoms with Crippen molar-refractivity contribution in [1.82, 2.24) is 14.9 Å². The molecular formula is C23H27F5N4O2SSi. The van der Waals surface area contributed by atoms with Gasteiger partial charge in [-0.3, -0.25) is 0 Å². The number of pyridine rings is 1. The maximum atomic E-state index is 14.7. The average molecular weight is 547 g/mol. The molecule has 0 bridgehead atoms. The van der Waals surface area contributed by atoms with E-state index in [1.807, 2.05) is 0 Å². The molecule has 3 rings (SSSR count). The molecule has 0 aliphatic rings. The summed E-state index contributed by atoms with van der Waals surface area (Å²) >= 11 is 5.00. The van der Waals surface area contributed by atoms with Crippen LogP contribution in [0.1, 0.15) is 12.5 Å². The van der Waals surface area contributed by atoms with Gasteiger partial charge in [-0.15, -0.1) is 0 Å². The van der Waals surface area contributed by atoms with Gasteiger partial charge in [0.25, 0.3) is 0 Å². The van der Waals surface area contributed by atoms with Crippen LogP contribution in [0.15, 0.2) is 30.6 Å². The largest absolute Gasteiger partial charge is 0.450 e. The Labute approximate surface area is 211 Å².